The van der Waals surface area contributed by atoms with Crippen LogP contribution in [0.15, 0.2) is 0 Å². The van der Waals surface area contributed by atoms with Gasteiger partial charge in [-0.1, -0.05) is 20.8 Å². The normalized spacial score (nSPS) is 33.7. The largest absolute Gasteiger partial charge is 0.246 e. The van der Waals surface area contributed by atoms with Crippen LogP contribution >= 0.6 is 10.0 Å². The van der Waals surface area contributed by atoms with Gasteiger partial charge in [-0.2, -0.15) is 0 Å². The summed E-state index contributed by atoms with van der Waals surface area (Å²) in [6, 6.07) is 0. The molecular weight excluding hydrogens is 152 g/mol. The van der Waals surface area contributed by atoms with Crippen molar-refractivity contribution in [2.75, 3.05) is 24.0 Å². The van der Waals surface area contributed by atoms with Gasteiger partial charge in [0.15, 0.2) is 0 Å². The molecule has 1 unspecified atom stereocenters. The van der Waals surface area contributed by atoms with Gasteiger partial charge in [-0.15, -0.1) is 0 Å². The van der Waals surface area contributed by atoms with Gasteiger partial charge in [0.1, 0.15) is 0 Å². The SMILES string of the molecule is CC(C)(C)C1CCS(C)(C)C1. The first-order chi connectivity index (χ1) is 4.81. The van der Waals surface area contributed by atoms with Crippen LogP contribution in [0.5, 0.6) is 0 Å². The fourth-order valence-electron chi connectivity index (χ4n) is 1.86. The topological polar surface area (TPSA) is 0 Å². The van der Waals surface area contributed by atoms with Gasteiger partial charge in [0.05, 0.1) is 0 Å². The summed E-state index contributed by atoms with van der Waals surface area (Å²) in [4.78, 5) is 0. The van der Waals surface area contributed by atoms with E-state index in [1.807, 2.05) is 0 Å². The first-order valence-corrected chi connectivity index (χ1v) is 7.29. The van der Waals surface area contributed by atoms with Crippen molar-refractivity contribution in [3.8, 4) is 0 Å². The zero-order chi connectivity index (χ0) is 8.70. The summed E-state index contributed by atoms with van der Waals surface area (Å²) < 4.78 is 0. The Morgan fingerprint density at radius 1 is 1.18 bits per heavy atom. The van der Waals surface area contributed by atoms with Crippen molar-refractivity contribution in [1.29, 1.82) is 0 Å². The maximum absolute atomic E-state index is 2.48. The van der Waals surface area contributed by atoms with Gasteiger partial charge in [0.25, 0.3) is 0 Å². The Labute approximate surface area is 73.1 Å². The van der Waals surface area contributed by atoms with Crippen molar-refractivity contribution in [3.63, 3.8) is 0 Å². The smallest absolute Gasteiger partial charge is 0.0199 e. The molecule has 0 aromatic heterocycles. The number of hydrogen-bond donors (Lipinski definition) is 0. The quantitative estimate of drug-likeness (QED) is 0.529. The third-order valence-electron chi connectivity index (χ3n) is 2.90. The van der Waals surface area contributed by atoms with Crippen molar-refractivity contribution < 1.29 is 0 Å². The van der Waals surface area contributed by atoms with Gasteiger partial charge >= 0.3 is 0 Å². The predicted octanol–water partition coefficient (Wildman–Crippen LogP) is 3.12. The van der Waals surface area contributed by atoms with Crippen LogP contribution in [0.25, 0.3) is 0 Å². The molecule has 1 saturated heterocycles. The molecule has 1 aliphatic rings. The number of hydrogen-bond acceptors (Lipinski definition) is 0. The summed E-state index contributed by atoms with van der Waals surface area (Å²) >= 11 is 0. The van der Waals surface area contributed by atoms with Crippen LogP contribution in [-0.2, 0) is 0 Å². The van der Waals surface area contributed by atoms with Crippen molar-refractivity contribution >= 4 is 10.0 Å². The van der Waals surface area contributed by atoms with Crippen LogP contribution < -0.4 is 0 Å². The highest BCUT2D eigenvalue weighted by atomic mass is 32.3. The average Bonchev–Trinajstić information content (AvgIpc) is 2.07. The van der Waals surface area contributed by atoms with Gasteiger partial charge in [0, 0.05) is 0 Å². The predicted molar refractivity (Wildman–Crippen MR) is 56.7 cm³/mol. The molecule has 0 N–H and O–H groups in total. The molecule has 1 atom stereocenters. The third-order valence-corrected chi connectivity index (χ3v) is 5.54. The van der Waals surface area contributed by atoms with Crippen LogP contribution in [0.4, 0.5) is 0 Å². The van der Waals surface area contributed by atoms with E-state index in [4.69, 9.17) is 0 Å². The molecule has 68 valence electrons. The lowest BCUT2D eigenvalue weighted by molar-refractivity contribution is 0.268. The van der Waals surface area contributed by atoms with E-state index < -0.39 is 0 Å². The first kappa shape index (κ1) is 9.44. The molecule has 0 nitrogen and oxygen atoms in total. The molecule has 1 heteroatoms. The van der Waals surface area contributed by atoms with E-state index in [0.29, 0.717) is 5.41 Å². The summed E-state index contributed by atoms with van der Waals surface area (Å²) in [6.07, 6.45) is 6.45. The second kappa shape index (κ2) is 2.69. The van der Waals surface area contributed by atoms with Crippen molar-refractivity contribution in [3.05, 3.63) is 0 Å². The van der Waals surface area contributed by atoms with Gasteiger partial charge in [-0.3, -0.25) is 0 Å². The summed E-state index contributed by atoms with van der Waals surface area (Å²) in [7, 11) is -0.179. The number of rotatable bonds is 0. The first-order valence-electron chi connectivity index (χ1n) is 4.50. The summed E-state index contributed by atoms with van der Waals surface area (Å²) in [5, 5.41) is 0. The standard InChI is InChI=1S/C10H22S/c1-10(2,3)9-6-7-11(4,5)8-9/h9H,6-8H2,1-5H3. The van der Waals surface area contributed by atoms with Crippen LogP contribution in [0.1, 0.15) is 27.2 Å². The lowest BCUT2D eigenvalue weighted by Gasteiger charge is -2.30. The van der Waals surface area contributed by atoms with Crippen molar-refractivity contribution in [2.24, 2.45) is 11.3 Å². The molecule has 0 aliphatic carbocycles. The summed E-state index contributed by atoms with van der Waals surface area (Å²) in [5.74, 6) is 4.01. The molecule has 1 heterocycles. The molecule has 11 heavy (non-hydrogen) atoms. The highest BCUT2D eigenvalue weighted by Crippen LogP contribution is 2.53. The van der Waals surface area contributed by atoms with Gasteiger partial charge in [-0.25, -0.2) is 10.0 Å². The Kier molecular flexibility index (Phi) is 2.31. The minimum atomic E-state index is -0.179. The van der Waals surface area contributed by atoms with Gasteiger partial charge in [0.2, 0.25) is 0 Å². The maximum atomic E-state index is 2.48. The molecule has 0 radical (unpaired) electrons. The van der Waals surface area contributed by atoms with E-state index in [1.165, 1.54) is 17.9 Å². The Morgan fingerprint density at radius 3 is 1.91 bits per heavy atom. The molecule has 0 saturated carbocycles. The Hall–Kier alpha value is 0.350. The molecule has 0 bridgehead atoms. The average molecular weight is 174 g/mol. The second-order valence-corrected chi connectivity index (χ2v) is 9.77. The molecule has 1 rings (SSSR count). The van der Waals surface area contributed by atoms with Crippen LogP contribution in [0.2, 0.25) is 0 Å². The summed E-state index contributed by atoms with van der Waals surface area (Å²) in [6.45, 7) is 7.16. The van der Waals surface area contributed by atoms with E-state index in [1.54, 1.807) is 0 Å². The lowest BCUT2D eigenvalue weighted by atomic mass is 9.81. The Balaban J connectivity index is 2.55. The second-order valence-electron chi connectivity index (χ2n) is 5.49. The molecular formula is C10H22S. The maximum Gasteiger partial charge on any atom is -0.0199 e. The van der Waals surface area contributed by atoms with Crippen LogP contribution in [-0.4, -0.2) is 24.0 Å². The zero-order valence-electron chi connectivity index (χ0n) is 8.61. The molecule has 0 aromatic carbocycles. The molecule has 0 spiro atoms. The Bertz CT molecular complexity index is 141. The molecule has 0 amide bonds. The van der Waals surface area contributed by atoms with E-state index in [-0.39, 0.29) is 10.0 Å². The monoisotopic (exact) mass is 174 g/mol. The molecule has 1 aliphatic heterocycles. The minimum Gasteiger partial charge on any atom is -0.246 e. The Morgan fingerprint density at radius 2 is 1.73 bits per heavy atom. The van der Waals surface area contributed by atoms with E-state index in [9.17, 15) is 0 Å². The molecule has 1 fully saturated rings. The van der Waals surface area contributed by atoms with Gasteiger partial charge < -0.3 is 0 Å². The molecule has 0 aromatic rings. The third kappa shape index (κ3) is 2.40. The zero-order valence-corrected chi connectivity index (χ0v) is 9.42. The van der Waals surface area contributed by atoms with Crippen LogP contribution in [0, 0.1) is 11.3 Å². The van der Waals surface area contributed by atoms with E-state index in [0.717, 1.165) is 5.92 Å². The lowest BCUT2D eigenvalue weighted by Crippen LogP contribution is -2.20. The summed E-state index contributed by atoms with van der Waals surface area (Å²) in [5.41, 5.74) is 0.556. The highest BCUT2D eigenvalue weighted by molar-refractivity contribution is 8.32. The van der Waals surface area contributed by atoms with E-state index in [2.05, 4.69) is 33.3 Å². The minimum absolute atomic E-state index is 0.179. The van der Waals surface area contributed by atoms with Crippen LogP contribution in [0.3, 0.4) is 0 Å². The van der Waals surface area contributed by atoms with Crippen molar-refractivity contribution in [1.82, 2.24) is 0 Å². The fourth-order valence-corrected chi connectivity index (χ4v) is 4.70. The van der Waals surface area contributed by atoms with Crippen molar-refractivity contribution in [2.45, 2.75) is 27.2 Å². The highest BCUT2D eigenvalue weighted by Gasteiger charge is 2.34. The van der Waals surface area contributed by atoms with E-state index >= 15 is 0 Å². The van der Waals surface area contributed by atoms with Gasteiger partial charge in [-0.05, 0) is 41.8 Å². The fraction of sp³-hybridized carbons (Fsp3) is 1.00.